The van der Waals surface area contributed by atoms with E-state index in [-0.39, 0.29) is 12.6 Å². The molecule has 0 saturated carbocycles. The summed E-state index contributed by atoms with van der Waals surface area (Å²) < 4.78 is 16.5. The third kappa shape index (κ3) is 23.2. The van der Waals surface area contributed by atoms with E-state index in [1.165, 1.54) is 38.5 Å². The minimum atomic E-state index is -0.616. The summed E-state index contributed by atoms with van der Waals surface area (Å²) in [6.45, 7) is 13.8. The zero-order chi connectivity index (χ0) is 23.6. The van der Waals surface area contributed by atoms with Gasteiger partial charge in [-0.3, -0.25) is 4.79 Å². The Morgan fingerprint density at radius 1 is 0.871 bits per heavy atom. The molecule has 0 radical (unpaired) electrons. The zero-order valence-electron chi connectivity index (χ0n) is 21.0. The van der Waals surface area contributed by atoms with Crippen LogP contribution in [0.15, 0.2) is 5.11 Å². The highest BCUT2D eigenvalue weighted by Crippen LogP contribution is 2.22. The lowest BCUT2D eigenvalue weighted by atomic mass is 9.89. The molecular formula is C24H47N3O4. The molecule has 182 valence electrons. The lowest BCUT2D eigenvalue weighted by molar-refractivity contribution is -0.155. The van der Waals surface area contributed by atoms with E-state index in [1.54, 1.807) is 0 Å². The SMILES string of the molecule is CC(C)(C)CCCCCCCCCOCC(N=[N+]=[N-])OCCCCC(=O)OC(C)(C)C. The van der Waals surface area contributed by atoms with Crippen LogP contribution in [0.1, 0.15) is 112 Å². The average Bonchev–Trinajstić information content (AvgIpc) is 2.63. The highest BCUT2D eigenvalue weighted by atomic mass is 16.6. The number of carbonyl (C=O) groups is 1. The van der Waals surface area contributed by atoms with Crippen LogP contribution in [0.3, 0.4) is 0 Å². The molecule has 0 bridgehead atoms. The second-order valence-electron chi connectivity index (χ2n) is 10.4. The fourth-order valence-electron chi connectivity index (χ4n) is 3.08. The maximum atomic E-state index is 11.7. The molecule has 7 heteroatoms. The minimum absolute atomic E-state index is 0.202. The summed E-state index contributed by atoms with van der Waals surface area (Å²) in [7, 11) is 0. The van der Waals surface area contributed by atoms with Gasteiger partial charge < -0.3 is 14.2 Å². The van der Waals surface area contributed by atoms with Crippen LogP contribution in [0.5, 0.6) is 0 Å². The van der Waals surface area contributed by atoms with E-state index in [4.69, 9.17) is 19.7 Å². The number of unbranched alkanes of at least 4 members (excludes halogenated alkanes) is 7. The number of hydrogen-bond donors (Lipinski definition) is 0. The average molecular weight is 442 g/mol. The molecule has 0 amide bonds. The molecule has 0 aromatic carbocycles. The van der Waals surface area contributed by atoms with Gasteiger partial charge in [0, 0.05) is 24.5 Å². The first kappa shape index (κ1) is 29.7. The first-order valence-corrected chi connectivity index (χ1v) is 12.0. The number of nitrogens with zero attached hydrogens (tertiary/aromatic N) is 3. The molecule has 7 nitrogen and oxygen atoms in total. The molecule has 1 atom stereocenters. The largest absolute Gasteiger partial charge is 0.460 e. The highest BCUT2D eigenvalue weighted by molar-refractivity contribution is 5.69. The van der Waals surface area contributed by atoms with E-state index in [9.17, 15) is 4.79 Å². The molecule has 0 heterocycles. The van der Waals surface area contributed by atoms with Crippen molar-refractivity contribution in [2.75, 3.05) is 19.8 Å². The number of ether oxygens (including phenoxy) is 3. The standard InChI is InChI=1S/C24H47N3O4/c1-23(2,3)17-13-10-8-7-9-11-14-18-29-20-21(26-27-25)30-19-15-12-16-22(28)31-24(4,5)6/h21H,7-20H2,1-6H3. The first-order chi connectivity index (χ1) is 14.5. The summed E-state index contributed by atoms with van der Waals surface area (Å²) in [5.74, 6) is -0.202. The van der Waals surface area contributed by atoms with Crippen molar-refractivity contribution in [1.29, 1.82) is 0 Å². The third-order valence-electron chi connectivity index (χ3n) is 4.66. The van der Waals surface area contributed by atoms with Crippen molar-refractivity contribution in [2.45, 2.75) is 124 Å². The van der Waals surface area contributed by atoms with Crippen LogP contribution in [0, 0.1) is 5.41 Å². The third-order valence-corrected chi connectivity index (χ3v) is 4.66. The Labute approximate surface area is 190 Å². The van der Waals surface area contributed by atoms with Crippen molar-refractivity contribution in [3.63, 3.8) is 0 Å². The van der Waals surface area contributed by atoms with Gasteiger partial charge in [-0.15, -0.1) is 0 Å². The summed E-state index contributed by atoms with van der Waals surface area (Å²) in [6, 6.07) is 0. The molecule has 0 aliphatic rings. The first-order valence-electron chi connectivity index (χ1n) is 12.0. The summed E-state index contributed by atoms with van der Waals surface area (Å²) >= 11 is 0. The summed E-state index contributed by atoms with van der Waals surface area (Å²) in [6.07, 6.45) is 11.1. The van der Waals surface area contributed by atoms with E-state index in [2.05, 4.69) is 30.8 Å². The number of rotatable bonds is 18. The van der Waals surface area contributed by atoms with Gasteiger partial charge in [-0.05, 0) is 57.4 Å². The molecule has 31 heavy (non-hydrogen) atoms. The number of hydrogen-bond acceptors (Lipinski definition) is 5. The van der Waals surface area contributed by atoms with Crippen molar-refractivity contribution in [3.8, 4) is 0 Å². The van der Waals surface area contributed by atoms with Crippen LogP contribution >= 0.6 is 0 Å². The van der Waals surface area contributed by atoms with Gasteiger partial charge in [0.2, 0.25) is 0 Å². The Hall–Kier alpha value is -1.30. The van der Waals surface area contributed by atoms with E-state index in [0.29, 0.717) is 37.9 Å². The summed E-state index contributed by atoms with van der Waals surface area (Å²) in [4.78, 5) is 14.5. The quantitative estimate of drug-likeness (QED) is 0.0731. The van der Waals surface area contributed by atoms with Gasteiger partial charge in [0.25, 0.3) is 0 Å². The van der Waals surface area contributed by atoms with Crippen molar-refractivity contribution >= 4 is 5.97 Å². The molecule has 0 saturated heterocycles. The highest BCUT2D eigenvalue weighted by Gasteiger charge is 2.15. The minimum Gasteiger partial charge on any atom is -0.460 e. The van der Waals surface area contributed by atoms with Crippen LogP contribution in [-0.4, -0.2) is 37.6 Å². The van der Waals surface area contributed by atoms with Gasteiger partial charge in [-0.1, -0.05) is 64.4 Å². The number of esters is 1. The Morgan fingerprint density at radius 2 is 1.45 bits per heavy atom. The smallest absolute Gasteiger partial charge is 0.306 e. The molecule has 0 rings (SSSR count). The maximum Gasteiger partial charge on any atom is 0.306 e. The van der Waals surface area contributed by atoms with Gasteiger partial charge in [0.05, 0.1) is 6.61 Å². The number of carbonyl (C=O) groups excluding carboxylic acids is 1. The van der Waals surface area contributed by atoms with Crippen molar-refractivity contribution in [3.05, 3.63) is 10.4 Å². The molecule has 0 N–H and O–H groups in total. The lowest BCUT2D eigenvalue weighted by Crippen LogP contribution is -2.23. The fraction of sp³-hybridized carbons (Fsp3) is 0.958. The second-order valence-corrected chi connectivity index (χ2v) is 10.4. The zero-order valence-corrected chi connectivity index (χ0v) is 21.0. The Kier molecular flexibility index (Phi) is 16.6. The van der Waals surface area contributed by atoms with E-state index in [0.717, 1.165) is 12.8 Å². The molecule has 0 fully saturated rings. The van der Waals surface area contributed by atoms with Crippen LogP contribution in [-0.2, 0) is 19.0 Å². The molecule has 0 aromatic heterocycles. The molecule has 1 unspecified atom stereocenters. The molecule has 0 aliphatic carbocycles. The van der Waals surface area contributed by atoms with Crippen molar-refractivity contribution in [2.24, 2.45) is 10.5 Å². The van der Waals surface area contributed by atoms with Crippen LogP contribution < -0.4 is 0 Å². The fourth-order valence-corrected chi connectivity index (χ4v) is 3.08. The maximum absolute atomic E-state index is 11.7. The lowest BCUT2D eigenvalue weighted by Gasteiger charge is -2.19. The van der Waals surface area contributed by atoms with Gasteiger partial charge in [0.15, 0.2) is 6.23 Å². The van der Waals surface area contributed by atoms with E-state index in [1.807, 2.05) is 20.8 Å². The van der Waals surface area contributed by atoms with Gasteiger partial charge in [-0.25, -0.2) is 0 Å². The Bertz CT molecular complexity index is 506. The molecule has 0 aliphatic heterocycles. The van der Waals surface area contributed by atoms with Crippen LogP contribution in [0.4, 0.5) is 0 Å². The molecule has 0 spiro atoms. The van der Waals surface area contributed by atoms with Crippen molar-refractivity contribution < 1.29 is 19.0 Å². The van der Waals surface area contributed by atoms with E-state index < -0.39 is 11.8 Å². The normalized spacial score (nSPS) is 13.0. The second kappa shape index (κ2) is 17.3. The molecule has 0 aromatic rings. The Morgan fingerprint density at radius 3 is 2.03 bits per heavy atom. The van der Waals surface area contributed by atoms with Gasteiger partial charge in [0.1, 0.15) is 5.60 Å². The summed E-state index contributed by atoms with van der Waals surface area (Å²) in [5, 5.41) is 3.64. The number of azide groups is 1. The van der Waals surface area contributed by atoms with Crippen molar-refractivity contribution in [1.82, 2.24) is 0 Å². The predicted octanol–water partition coefficient (Wildman–Crippen LogP) is 7.33. The van der Waals surface area contributed by atoms with E-state index >= 15 is 0 Å². The monoisotopic (exact) mass is 441 g/mol. The van der Waals surface area contributed by atoms with Gasteiger partial charge >= 0.3 is 5.97 Å². The summed E-state index contributed by atoms with van der Waals surface area (Å²) in [5.41, 5.74) is 8.69. The topological polar surface area (TPSA) is 93.5 Å². The van der Waals surface area contributed by atoms with Crippen LogP contribution in [0.2, 0.25) is 0 Å². The Balaban J connectivity index is 3.64. The van der Waals surface area contributed by atoms with Gasteiger partial charge in [-0.2, -0.15) is 0 Å². The van der Waals surface area contributed by atoms with Crippen LogP contribution in [0.25, 0.3) is 10.4 Å². The molecular weight excluding hydrogens is 394 g/mol. The predicted molar refractivity (Wildman–Crippen MR) is 126 cm³/mol.